The standard InChI is InChI=1S/C20H16N2O4S2/c1-2-11-21-19(23)18(28-20(21)27)12-14-5-9-17(10-6-14)26-13-15-3-7-16(8-4-15)22(24)25/h2-10,12H,1,11,13H2/b18-12+. The third kappa shape index (κ3) is 4.65. The van der Waals surface area contributed by atoms with Gasteiger partial charge < -0.3 is 4.74 Å². The van der Waals surface area contributed by atoms with Gasteiger partial charge in [0.05, 0.1) is 9.83 Å². The molecule has 0 atom stereocenters. The minimum absolute atomic E-state index is 0.0478. The minimum atomic E-state index is -0.436. The zero-order chi connectivity index (χ0) is 20.1. The predicted molar refractivity (Wildman–Crippen MR) is 114 cm³/mol. The first-order chi connectivity index (χ1) is 13.5. The van der Waals surface area contributed by atoms with Gasteiger partial charge in [0.2, 0.25) is 0 Å². The zero-order valence-electron chi connectivity index (χ0n) is 14.7. The Balaban J connectivity index is 1.62. The fourth-order valence-corrected chi connectivity index (χ4v) is 3.75. The maximum absolute atomic E-state index is 12.3. The van der Waals surface area contributed by atoms with Crippen LogP contribution in [0.2, 0.25) is 0 Å². The van der Waals surface area contributed by atoms with Crippen molar-refractivity contribution >= 4 is 46.0 Å². The molecule has 8 heteroatoms. The fraction of sp³-hybridized carbons (Fsp3) is 0.100. The van der Waals surface area contributed by atoms with Crippen LogP contribution in [0, 0.1) is 10.1 Å². The number of rotatable bonds is 7. The molecule has 1 aliphatic heterocycles. The van der Waals surface area contributed by atoms with Gasteiger partial charge in [-0.05, 0) is 41.5 Å². The number of nitro benzene ring substituents is 1. The second-order valence-electron chi connectivity index (χ2n) is 5.86. The van der Waals surface area contributed by atoms with Crippen LogP contribution < -0.4 is 4.74 Å². The van der Waals surface area contributed by atoms with Gasteiger partial charge in [-0.3, -0.25) is 19.8 Å². The van der Waals surface area contributed by atoms with Crippen molar-refractivity contribution in [3.63, 3.8) is 0 Å². The molecule has 3 rings (SSSR count). The average Bonchev–Trinajstić information content (AvgIpc) is 2.95. The maximum atomic E-state index is 12.3. The SMILES string of the molecule is C=CCN1C(=O)/C(=C\c2ccc(OCc3ccc([N+](=O)[O-])cc3)cc2)SC1=S. The van der Waals surface area contributed by atoms with Crippen LogP contribution >= 0.6 is 24.0 Å². The number of non-ortho nitro benzene ring substituents is 1. The van der Waals surface area contributed by atoms with E-state index >= 15 is 0 Å². The molecular weight excluding hydrogens is 396 g/mol. The molecule has 0 spiro atoms. The van der Waals surface area contributed by atoms with E-state index in [0.717, 1.165) is 11.1 Å². The quantitative estimate of drug-likeness (QED) is 0.218. The van der Waals surface area contributed by atoms with E-state index < -0.39 is 4.92 Å². The van der Waals surface area contributed by atoms with E-state index in [9.17, 15) is 14.9 Å². The molecule has 142 valence electrons. The monoisotopic (exact) mass is 412 g/mol. The molecule has 0 bridgehead atoms. The lowest BCUT2D eigenvalue weighted by Gasteiger charge is -2.10. The number of ether oxygens (including phenoxy) is 1. The highest BCUT2D eigenvalue weighted by Crippen LogP contribution is 2.32. The Kier molecular flexibility index (Phi) is 6.23. The van der Waals surface area contributed by atoms with Crippen LogP contribution in [0.15, 0.2) is 66.1 Å². The van der Waals surface area contributed by atoms with E-state index in [0.29, 0.717) is 28.1 Å². The van der Waals surface area contributed by atoms with E-state index in [4.69, 9.17) is 17.0 Å². The summed E-state index contributed by atoms with van der Waals surface area (Å²) in [6, 6.07) is 13.5. The summed E-state index contributed by atoms with van der Waals surface area (Å²) in [4.78, 5) is 24.7. The van der Waals surface area contributed by atoms with Gasteiger partial charge in [-0.1, -0.05) is 42.2 Å². The molecule has 28 heavy (non-hydrogen) atoms. The third-order valence-electron chi connectivity index (χ3n) is 3.92. The fourth-order valence-electron chi connectivity index (χ4n) is 2.48. The molecular formula is C20H16N2O4S2. The number of benzene rings is 2. The van der Waals surface area contributed by atoms with Crippen LogP contribution in [-0.4, -0.2) is 26.6 Å². The number of hydrogen-bond donors (Lipinski definition) is 0. The van der Waals surface area contributed by atoms with Crippen molar-refractivity contribution in [2.45, 2.75) is 6.61 Å². The molecule has 0 aromatic heterocycles. The molecule has 0 radical (unpaired) electrons. The van der Waals surface area contributed by atoms with Crippen LogP contribution in [0.25, 0.3) is 6.08 Å². The number of thioether (sulfide) groups is 1. The molecule has 1 fully saturated rings. The molecule has 0 N–H and O–H groups in total. The summed E-state index contributed by atoms with van der Waals surface area (Å²) in [6.45, 7) is 4.34. The van der Waals surface area contributed by atoms with Crippen LogP contribution in [-0.2, 0) is 11.4 Å². The molecule has 1 amide bonds. The molecule has 2 aromatic rings. The summed E-state index contributed by atoms with van der Waals surface area (Å²) < 4.78 is 6.23. The normalized spacial score (nSPS) is 15.1. The van der Waals surface area contributed by atoms with Crippen LogP contribution in [0.5, 0.6) is 5.75 Å². The van der Waals surface area contributed by atoms with Gasteiger partial charge in [0.15, 0.2) is 0 Å². The number of hydrogen-bond acceptors (Lipinski definition) is 6. The highest BCUT2D eigenvalue weighted by atomic mass is 32.2. The molecule has 0 unspecified atom stereocenters. The number of carbonyl (C=O) groups excluding carboxylic acids is 1. The van der Waals surface area contributed by atoms with Crippen molar-refractivity contribution < 1.29 is 14.5 Å². The van der Waals surface area contributed by atoms with E-state index in [2.05, 4.69) is 6.58 Å². The molecule has 0 saturated carbocycles. The van der Waals surface area contributed by atoms with Crippen LogP contribution in [0.1, 0.15) is 11.1 Å². The number of thiocarbonyl (C=S) groups is 1. The Labute approximate surface area is 171 Å². The zero-order valence-corrected chi connectivity index (χ0v) is 16.4. The van der Waals surface area contributed by atoms with Gasteiger partial charge in [-0.15, -0.1) is 6.58 Å². The van der Waals surface area contributed by atoms with Crippen molar-refractivity contribution in [3.05, 3.63) is 87.3 Å². The lowest BCUT2D eigenvalue weighted by atomic mass is 10.2. The largest absolute Gasteiger partial charge is 0.489 e. The summed E-state index contributed by atoms with van der Waals surface area (Å²) in [5.74, 6) is 0.545. The van der Waals surface area contributed by atoms with Gasteiger partial charge in [0.25, 0.3) is 11.6 Å². The minimum Gasteiger partial charge on any atom is -0.489 e. The summed E-state index contributed by atoms with van der Waals surface area (Å²) >= 11 is 6.50. The summed E-state index contributed by atoms with van der Waals surface area (Å²) in [5, 5.41) is 10.7. The molecule has 6 nitrogen and oxygen atoms in total. The molecule has 1 aliphatic rings. The first kappa shape index (κ1) is 19.8. The van der Waals surface area contributed by atoms with Crippen LogP contribution in [0.4, 0.5) is 5.69 Å². The van der Waals surface area contributed by atoms with Gasteiger partial charge >= 0.3 is 0 Å². The Morgan fingerprint density at radius 1 is 1.18 bits per heavy atom. The summed E-state index contributed by atoms with van der Waals surface area (Å²) in [5.41, 5.74) is 1.74. The van der Waals surface area contributed by atoms with E-state index in [-0.39, 0.29) is 11.6 Å². The van der Waals surface area contributed by atoms with Crippen molar-refractivity contribution in [1.29, 1.82) is 0 Å². The van der Waals surface area contributed by atoms with Crippen molar-refractivity contribution in [3.8, 4) is 5.75 Å². The highest BCUT2D eigenvalue weighted by Gasteiger charge is 2.30. The predicted octanol–water partition coefficient (Wildman–Crippen LogP) is 4.56. The van der Waals surface area contributed by atoms with Gasteiger partial charge in [-0.25, -0.2) is 0 Å². The summed E-state index contributed by atoms with van der Waals surface area (Å²) in [6.07, 6.45) is 3.44. The first-order valence-electron chi connectivity index (χ1n) is 8.30. The molecule has 2 aromatic carbocycles. The number of nitro groups is 1. The lowest BCUT2D eigenvalue weighted by molar-refractivity contribution is -0.384. The number of amides is 1. The van der Waals surface area contributed by atoms with E-state index in [1.165, 1.54) is 28.8 Å². The lowest BCUT2D eigenvalue weighted by Crippen LogP contribution is -2.27. The number of nitrogens with zero attached hydrogens (tertiary/aromatic N) is 2. The smallest absolute Gasteiger partial charge is 0.269 e. The van der Waals surface area contributed by atoms with Crippen LogP contribution in [0.3, 0.4) is 0 Å². The van der Waals surface area contributed by atoms with E-state index in [1.54, 1.807) is 24.3 Å². The second kappa shape index (κ2) is 8.81. The topological polar surface area (TPSA) is 72.7 Å². The van der Waals surface area contributed by atoms with Crippen molar-refractivity contribution in [2.24, 2.45) is 0 Å². The molecule has 1 heterocycles. The van der Waals surface area contributed by atoms with Gasteiger partial charge in [0, 0.05) is 18.7 Å². The van der Waals surface area contributed by atoms with Crippen molar-refractivity contribution in [2.75, 3.05) is 6.54 Å². The Hall–Kier alpha value is -2.97. The summed E-state index contributed by atoms with van der Waals surface area (Å²) in [7, 11) is 0. The van der Waals surface area contributed by atoms with Gasteiger partial charge in [-0.2, -0.15) is 0 Å². The Bertz CT molecular complexity index is 953. The second-order valence-corrected chi connectivity index (χ2v) is 7.54. The molecule has 1 saturated heterocycles. The Morgan fingerprint density at radius 2 is 1.86 bits per heavy atom. The average molecular weight is 412 g/mol. The maximum Gasteiger partial charge on any atom is 0.269 e. The molecule has 0 aliphatic carbocycles. The number of carbonyl (C=O) groups is 1. The Morgan fingerprint density at radius 3 is 2.46 bits per heavy atom. The highest BCUT2D eigenvalue weighted by molar-refractivity contribution is 8.26. The van der Waals surface area contributed by atoms with Gasteiger partial charge in [0.1, 0.15) is 16.7 Å². The first-order valence-corrected chi connectivity index (χ1v) is 9.53. The van der Waals surface area contributed by atoms with Crippen molar-refractivity contribution in [1.82, 2.24) is 4.90 Å². The van der Waals surface area contributed by atoms with E-state index in [1.807, 2.05) is 24.3 Å². The third-order valence-corrected chi connectivity index (χ3v) is 5.29.